The van der Waals surface area contributed by atoms with Gasteiger partial charge in [-0.05, 0) is 30.4 Å². The van der Waals surface area contributed by atoms with Crippen LogP contribution < -0.4 is 4.72 Å². The molecule has 0 bridgehead atoms. The molecular formula is C23H23F5N2O4S. The number of aliphatic hydroxyl groups is 1. The van der Waals surface area contributed by atoms with Crippen molar-refractivity contribution in [2.75, 3.05) is 6.54 Å². The summed E-state index contributed by atoms with van der Waals surface area (Å²) in [5, 5.41) is 9.71. The number of rotatable bonds is 8. The van der Waals surface area contributed by atoms with Crippen LogP contribution in [0.25, 0.3) is 11.1 Å². The molecule has 190 valence electrons. The van der Waals surface area contributed by atoms with Gasteiger partial charge in [-0.25, -0.2) is 26.3 Å². The van der Waals surface area contributed by atoms with E-state index in [4.69, 9.17) is 0 Å². The largest absolute Gasteiger partial charge is 0.378 e. The maximum atomic E-state index is 15.5. The first-order valence-corrected chi connectivity index (χ1v) is 12.4. The molecule has 1 amide bonds. The molecule has 2 N–H and O–H groups in total. The van der Waals surface area contributed by atoms with Crippen LogP contribution in [0.15, 0.2) is 48.5 Å². The molecule has 1 aliphatic heterocycles. The van der Waals surface area contributed by atoms with Crippen LogP contribution in [0.5, 0.6) is 0 Å². The normalized spacial score (nSPS) is 22.2. The van der Waals surface area contributed by atoms with Crippen LogP contribution in [0.1, 0.15) is 18.4 Å². The fraction of sp³-hybridized carbons (Fsp3) is 0.435. The molecule has 0 unspecified atom stereocenters. The van der Waals surface area contributed by atoms with Gasteiger partial charge < -0.3 is 10.0 Å². The zero-order valence-electron chi connectivity index (χ0n) is 18.3. The Morgan fingerprint density at radius 1 is 1.09 bits per heavy atom. The van der Waals surface area contributed by atoms with Gasteiger partial charge in [0.25, 0.3) is 22.4 Å². The number of nitrogens with zero attached hydrogens (tertiary/aromatic N) is 1. The zero-order chi connectivity index (χ0) is 25.5. The molecule has 6 nitrogen and oxygen atoms in total. The number of amides is 1. The number of sulfonamides is 1. The number of halogens is 5. The molecule has 1 saturated heterocycles. The second-order valence-electron chi connectivity index (χ2n) is 8.93. The lowest BCUT2D eigenvalue weighted by molar-refractivity contribution is -0.149. The molecule has 2 aromatic carbocycles. The van der Waals surface area contributed by atoms with Gasteiger partial charge in [0.2, 0.25) is 0 Å². The molecule has 1 spiro atoms. The van der Waals surface area contributed by atoms with Crippen molar-refractivity contribution in [1.82, 2.24) is 9.62 Å². The molecular weight excluding hydrogens is 495 g/mol. The molecule has 2 fully saturated rings. The molecule has 2 aliphatic rings. The number of aliphatic hydroxyl groups excluding tert-OH is 1. The van der Waals surface area contributed by atoms with Crippen molar-refractivity contribution >= 4 is 15.9 Å². The van der Waals surface area contributed by atoms with Crippen LogP contribution in [0, 0.1) is 11.2 Å². The smallest absolute Gasteiger partial charge is 0.350 e. The first kappa shape index (κ1) is 25.5. The van der Waals surface area contributed by atoms with Gasteiger partial charge in [0, 0.05) is 23.6 Å². The van der Waals surface area contributed by atoms with Crippen LogP contribution in [0.2, 0.25) is 0 Å². The van der Waals surface area contributed by atoms with Gasteiger partial charge in [-0.2, -0.15) is 8.78 Å². The molecule has 1 aliphatic carbocycles. The average molecular weight is 519 g/mol. The van der Waals surface area contributed by atoms with Crippen molar-refractivity contribution in [3.63, 3.8) is 0 Å². The molecule has 0 aromatic heterocycles. The van der Waals surface area contributed by atoms with Gasteiger partial charge in [-0.15, -0.1) is 0 Å². The Bertz CT molecular complexity index is 1190. The average Bonchev–Trinajstić information content (AvgIpc) is 3.55. The summed E-state index contributed by atoms with van der Waals surface area (Å²) in [5.41, 5.74) is -0.150. The third kappa shape index (κ3) is 4.91. The van der Waals surface area contributed by atoms with E-state index in [0.717, 1.165) is 4.90 Å². The van der Waals surface area contributed by atoms with Crippen molar-refractivity contribution in [1.29, 1.82) is 0 Å². The lowest BCUT2D eigenvalue weighted by atomic mass is 9.91. The summed E-state index contributed by atoms with van der Waals surface area (Å²) in [4.78, 5) is 13.6. The highest BCUT2D eigenvalue weighted by atomic mass is 32.2. The van der Waals surface area contributed by atoms with Gasteiger partial charge in [-0.3, -0.25) is 4.79 Å². The molecule has 3 atom stereocenters. The second kappa shape index (κ2) is 9.47. The second-order valence-corrected chi connectivity index (χ2v) is 10.6. The van der Waals surface area contributed by atoms with Crippen LogP contribution in [0.4, 0.5) is 22.0 Å². The minimum Gasteiger partial charge on any atom is -0.378 e. The summed E-state index contributed by atoms with van der Waals surface area (Å²) < 4.78 is 94.0. The molecule has 2 aromatic rings. The highest BCUT2D eigenvalue weighted by Gasteiger charge is 2.62. The van der Waals surface area contributed by atoms with E-state index in [-0.39, 0.29) is 24.1 Å². The van der Waals surface area contributed by atoms with Gasteiger partial charge in [-0.1, -0.05) is 48.5 Å². The lowest BCUT2D eigenvalue weighted by Crippen LogP contribution is -2.53. The summed E-state index contributed by atoms with van der Waals surface area (Å²) in [5.74, 6) is -5.80. The van der Waals surface area contributed by atoms with E-state index in [2.05, 4.69) is 0 Å². The minimum atomic E-state index is -5.11. The number of alkyl halides is 4. The number of benzene rings is 2. The van der Waals surface area contributed by atoms with E-state index in [1.54, 1.807) is 36.4 Å². The molecule has 4 rings (SSSR count). The molecule has 0 radical (unpaired) electrons. The highest BCUT2D eigenvalue weighted by molar-refractivity contribution is 7.89. The number of hydrogen-bond donors (Lipinski definition) is 2. The number of nitrogens with one attached hydrogen (secondary N) is 1. The summed E-state index contributed by atoms with van der Waals surface area (Å²) >= 11 is 0. The van der Waals surface area contributed by atoms with E-state index in [1.165, 1.54) is 12.1 Å². The van der Waals surface area contributed by atoms with Gasteiger partial charge in [0.1, 0.15) is 5.82 Å². The lowest BCUT2D eigenvalue weighted by Gasteiger charge is -2.30. The number of likely N-dealkylation sites (tertiary alicyclic amines) is 1. The van der Waals surface area contributed by atoms with E-state index in [0.29, 0.717) is 18.4 Å². The fourth-order valence-electron chi connectivity index (χ4n) is 4.76. The number of carbonyl (C=O) groups excluding carboxylic acids is 1. The zero-order valence-corrected chi connectivity index (χ0v) is 19.1. The highest BCUT2D eigenvalue weighted by Crippen LogP contribution is 2.56. The number of carbonyl (C=O) groups is 1. The predicted octanol–water partition coefficient (Wildman–Crippen LogP) is 3.16. The van der Waals surface area contributed by atoms with Crippen molar-refractivity contribution in [3.05, 3.63) is 59.9 Å². The van der Waals surface area contributed by atoms with Gasteiger partial charge >= 0.3 is 5.76 Å². The SMILES string of the molecule is O=C([C@@H](O)C(F)F)N1CC2(CC2)[C@H](NS(=O)(=O)C(F)F)[C@@H]1Cc1cccc(-c2ccccc2)c1F. The number of hydrogen-bond acceptors (Lipinski definition) is 4. The Hall–Kier alpha value is -2.57. The first-order valence-electron chi connectivity index (χ1n) is 10.9. The van der Waals surface area contributed by atoms with Crippen LogP contribution in [0.3, 0.4) is 0 Å². The fourth-order valence-corrected chi connectivity index (χ4v) is 5.62. The standard InChI is InChI=1S/C23H23F5N2O4S/c24-17-14(7-4-8-15(17)13-5-2-1-3-6-13)11-16-19(29-35(33,34)22(27)28)23(9-10-23)12-30(16)21(32)18(31)20(25)26/h1-8,16,18-20,22,29,31H,9-12H2/t16-,18-,19+/m0/s1. The van der Waals surface area contributed by atoms with Crippen molar-refractivity contribution in [2.24, 2.45) is 5.41 Å². The topological polar surface area (TPSA) is 86.7 Å². The van der Waals surface area contributed by atoms with Gasteiger partial charge in [0.05, 0.1) is 6.04 Å². The van der Waals surface area contributed by atoms with Crippen LogP contribution >= 0.6 is 0 Å². The Morgan fingerprint density at radius 2 is 1.74 bits per heavy atom. The van der Waals surface area contributed by atoms with E-state index >= 15 is 4.39 Å². The summed E-state index contributed by atoms with van der Waals surface area (Å²) in [7, 11) is -5.11. The Balaban J connectivity index is 1.74. The monoisotopic (exact) mass is 518 g/mol. The summed E-state index contributed by atoms with van der Waals surface area (Å²) in [6, 6.07) is 10.4. The van der Waals surface area contributed by atoms with E-state index in [1.807, 2.05) is 4.72 Å². The van der Waals surface area contributed by atoms with Crippen molar-refractivity contribution in [3.8, 4) is 11.1 Å². The Kier molecular flexibility index (Phi) is 6.91. The van der Waals surface area contributed by atoms with E-state index < -0.39 is 57.5 Å². The predicted molar refractivity (Wildman–Crippen MR) is 117 cm³/mol. The Morgan fingerprint density at radius 3 is 2.31 bits per heavy atom. The molecule has 35 heavy (non-hydrogen) atoms. The Labute approximate surface area is 198 Å². The van der Waals surface area contributed by atoms with Crippen molar-refractivity contribution < 1.29 is 40.3 Å². The molecule has 1 heterocycles. The minimum absolute atomic E-state index is 0.0413. The van der Waals surface area contributed by atoms with Crippen molar-refractivity contribution in [2.45, 2.75) is 49.6 Å². The maximum absolute atomic E-state index is 15.5. The van der Waals surface area contributed by atoms with Gasteiger partial charge in [0.15, 0.2) is 6.10 Å². The quantitative estimate of drug-likeness (QED) is 0.526. The summed E-state index contributed by atoms with van der Waals surface area (Å²) in [6.45, 7) is -0.225. The maximum Gasteiger partial charge on any atom is 0.350 e. The first-order chi connectivity index (χ1) is 16.5. The van der Waals surface area contributed by atoms with E-state index in [9.17, 15) is 35.9 Å². The third-order valence-electron chi connectivity index (χ3n) is 6.72. The third-order valence-corrected chi connectivity index (χ3v) is 7.77. The molecule has 12 heteroatoms. The molecule has 1 saturated carbocycles. The summed E-state index contributed by atoms with van der Waals surface area (Å²) in [6.07, 6.45) is -5.73. The van der Waals surface area contributed by atoms with Crippen LogP contribution in [-0.4, -0.2) is 61.2 Å². The van der Waals surface area contributed by atoms with Crippen LogP contribution in [-0.2, 0) is 21.2 Å².